The number of carbonyl (C=O) groups is 1. The van der Waals surface area contributed by atoms with Crippen LogP contribution in [-0.2, 0) is 4.79 Å². The third kappa shape index (κ3) is 6.83. The number of rotatable bonds is 1. The van der Waals surface area contributed by atoms with Gasteiger partial charge in [0.15, 0.2) is 5.96 Å². The maximum absolute atomic E-state index is 10.9. The first-order chi connectivity index (χ1) is 4.81. The summed E-state index contributed by atoms with van der Waals surface area (Å²) in [6.07, 6.45) is 0.366. The molecular formula is C7H15N3O. The van der Waals surface area contributed by atoms with Gasteiger partial charge in [-0.05, 0) is 5.41 Å². The Labute approximate surface area is 66.7 Å². The molecule has 0 aliphatic carbocycles. The highest BCUT2D eigenvalue weighted by Gasteiger charge is 2.15. The molecule has 0 fully saturated rings. The van der Waals surface area contributed by atoms with Crippen molar-refractivity contribution in [3.05, 3.63) is 0 Å². The van der Waals surface area contributed by atoms with E-state index in [1.807, 2.05) is 20.8 Å². The second-order valence-corrected chi connectivity index (χ2v) is 3.67. The summed E-state index contributed by atoms with van der Waals surface area (Å²) in [5.74, 6) is -0.434. The Kier molecular flexibility index (Phi) is 3.04. The van der Waals surface area contributed by atoms with Gasteiger partial charge in [-0.25, -0.2) is 0 Å². The van der Waals surface area contributed by atoms with Crippen LogP contribution in [0, 0.1) is 5.41 Å². The molecular weight excluding hydrogens is 142 g/mol. The lowest BCUT2D eigenvalue weighted by Gasteiger charge is -2.14. The monoisotopic (exact) mass is 157 g/mol. The lowest BCUT2D eigenvalue weighted by Crippen LogP contribution is -2.25. The van der Waals surface area contributed by atoms with Crippen LogP contribution in [0.5, 0.6) is 0 Å². The number of hydrogen-bond donors (Lipinski definition) is 2. The molecule has 0 bridgehead atoms. The smallest absolute Gasteiger partial charge is 0.249 e. The molecule has 0 rings (SSSR count). The van der Waals surface area contributed by atoms with Crippen molar-refractivity contribution < 1.29 is 4.79 Å². The minimum Gasteiger partial charge on any atom is -0.370 e. The van der Waals surface area contributed by atoms with Gasteiger partial charge in [-0.15, -0.1) is 0 Å². The highest BCUT2D eigenvalue weighted by atomic mass is 16.1. The van der Waals surface area contributed by atoms with Gasteiger partial charge in [0.05, 0.1) is 0 Å². The normalized spacial score (nSPS) is 10.8. The summed E-state index contributed by atoms with van der Waals surface area (Å²) < 4.78 is 0. The van der Waals surface area contributed by atoms with Crippen molar-refractivity contribution in [1.82, 2.24) is 0 Å². The summed E-state index contributed by atoms with van der Waals surface area (Å²) in [5, 5.41) is 0. The van der Waals surface area contributed by atoms with E-state index in [4.69, 9.17) is 11.5 Å². The molecule has 0 aliphatic heterocycles. The molecule has 0 aromatic carbocycles. The largest absolute Gasteiger partial charge is 0.370 e. The van der Waals surface area contributed by atoms with E-state index in [-0.39, 0.29) is 17.3 Å². The van der Waals surface area contributed by atoms with E-state index in [2.05, 4.69) is 4.99 Å². The van der Waals surface area contributed by atoms with Crippen molar-refractivity contribution in [2.75, 3.05) is 0 Å². The van der Waals surface area contributed by atoms with Crippen LogP contribution in [-0.4, -0.2) is 11.9 Å². The number of nitrogens with two attached hydrogens (primary N) is 2. The molecule has 0 aromatic heterocycles. The summed E-state index contributed by atoms with van der Waals surface area (Å²) in [6.45, 7) is 5.85. The number of amides is 1. The van der Waals surface area contributed by atoms with E-state index in [0.717, 1.165) is 0 Å². The van der Waals surface area contributed by atoms with Crippen LogP contribution in [0.1, 0.15) is 27.2 Å². The van der Waals surface area contributed by atoms with E-state index in [9.17, 15) is 4.79 Å². The van der Waals surface area contributed by atoms with Gasteiger partial charge in [0, 0.05) is 6.42 Å². The SMILES string of the molecule is CC(C)(C)CC(=O)N=C(N)N. The molecule has 0 atom stereocenters. The van der Waals surface area contributed by atoms with Crippen molar-refractivity contribution in [2.24, 2.45) is 21.9 Å². The molecule has 64 valence electrons. The fraction of sp³-hybridized carbons (Fsp3) is 0.714. The predicted octanol–water partition coefficient (Wildman–Crippen LogP) is 0.223. The summed E-state index contributed by atoms with van der Waals surface area (Å²) in [6, 6.07) is 0. The first-order valence-corrected chi connectivity index (χ1v) is 3.44. The van der Waals surface area contributed by atoms with Crippen LogP contribution in [0.15, 0.2) is 4.99 Å². The maximum Gasteiger partial charge on any atom is 0.249 e. The van der Waals surface area contributed by atoms with E-state index in [0.29, 0.717) is 6.42 Å². The summed E-state index contributed by atoms with van der Waals surface area (Å²) in [5.41, 5.74) is 9.98. The number of guanidine groups is 1. The minimum absolute atomic E-state index is 0.0595. The molecule has 0 spiro atoms. The van der Waals surface area contributed by atoms with Crippen LogP contribution >= 0.6 is 0 Å². The molecule has 4 N–H and O–H groups in total. The second kappa shape index (κ2) is 3.37. The van der Waals surface area contributed by atoms with Crippen LogP contribution in [0.25, 0.3) is 0 Å². The minimum atomic E-state index is -0.266. The molecule has 0 saturated carbocycles. The summed E-state index contributed by atoms with van der Waals surface area (Å²) in [4.78, 5) is 14.3. The topological polar surface area (TPSA) is 81.5 Å². The molecule has 4 heteroatoms. The van der Waals surface area contributed by atoms with Crippen LogP contribution in [0.2, 0.25) is 0 Å². The van der Waals surface area contributed by atoms with E-state index >= 15 is 0 Å². The standard InChI is InChI=1S/C7H15N3O/c1-7(2,3)4-5(11)10-6(8)9/h4H2,1-3H3,(H4,8,9,10,11). The van der Waals surface area contributed by atoms with Gasteiger partial charge in [-0.3, -0.25) is 4.79 Å². The highest BCUT2D eigenvalue weighted by molar-refractivity contribution is 5.91. The second-order valence-electron chi connectivity index (χ2n) is 3.67. The average Bonchev–Trinajstić information content (AvgIpc) is 1.53. The Morgan fingerprint density at radius 1 is 1.36 bits per heavy atom. The zero-order valence-electron chi connectivity index (χ0n) is 7.22. The van der Waals surface area contributed by atoms with Gasteiger partial charge < -0.3 is 11.5 Å². The van der Waals surface area contributed by atoms with Crippen LogP contribution < -0.4 is 11.5 Å². The van der Waals surface area contributed by atoms with Gasteiger partial charge in [0.2, 0.25) is 5.91 Å². The Bertz CT molecular complexity index is 175. The quantitative estimate of drug-likeness (QED) is 0.422. The van der Waals surface area contributed by atoms with E-state index < -0.39 is 0 Å². The molecule has 0 aliphatic rings. The number of aliphatic imine (C=N–C) groups is 1. The van der Waals surface area contributed by atoms with Gasteiger partial charge in [0.25, 0.3) is 0 Å². The van der Waals surface area contributed by atoms with Crippen LogP contribution in [0.4, 0.5) is 0 Å². The van der Waals surface area contributed by atoms with Gasteiger partial charge >= 0.3 is 0 Å². The third-order valence-corrected chi connectivity index (χ3v) is 0.935. The third-order valence-electron chi connectivity index (χ3n) is 0.935. The molecule has 4 nitrogen and oxygen atoms in total. The lowest BCUT2D eigenvalue weighted by atomic mass is 9.92. The summed E-state index contributed by atoms with van der Waals surface area (Å²) in [7, 11) is 0. The van der Waals surface area contributed by atoms with Gasteiger partial charge in [0.1, 0.15) is 0 Å². The fourth-order valence-electron chi connectivity index (χ4n) is 0.637. The molecule has 0 unspecified atom stereocenters. The maximum atomic E-state index is 10.9. The van der Waals surface area contributed by atoms with Crippen molar-refractivity contribution >= 4 is 11.9 Å². The highest BCUT2D eigenvalue weighted by Crippen LogP contribution is 2.18. The van der Waals surface area contributed by atoms with Crippen molar-refractivity contribution in [3.8, 4) is 0 Å². The van der Waals surface area contributed by atoms with Crippen molar-refractivity contribution in [2.45, 2.75) is 27.2 Å². The molecule has 1 amide bonds. The Hall–Kier alpha value is -1.06. The predicted molar refractivity (Wildman–Crippen MR) is 44.9 cm³/mol. The van der Waals surface area contributed by atoms with Gasteiger partial charge in [-0.1, -0.05) is 20.8 Å². The molecule has 0 saturated heterocycles. The van der Waals surface area contributed by atoms with Crippen molar-refractivity contribution in [3.63, 3.8) is 0 Å². The molecule has 0 heterocycles. The number of nitrogens with zero attached hydrogens (tertiary/aromatic N) is 1. The zero-order valence-corrected chi connectivity index (χ0v) is 7.22. The fourth-order valence-corrected chi connectivity index (χ4v) is 0.637. The number of hydrogen-bond acceptors (Lipinski definition) is 1. The van der Waals surface area contributed by atoms with Crippen LogP contribution in [0.3, 0.4) is 0 Å². The first-order valence-electron chi connectivity index (χ1n) is 3.44. The van der Waals surface area contributed by atoms with Gasteiger partial charge in [-0.2, -0.15) is 4.99 Å². The Morgan fingerprint density at radius 2 is 1.82 bits per heavy atom. The zero-order chi connectivity index (χ0) is 9.07. The Balaban J connectivity index is 4.00. The molecule has 0 radical (unpaired) electrons. The first kappa shape index (κ1) is 9.94. The molecule has 11 heavy (non-hydrogen) atoms. The average molecular weight is 157 g/mol. The lowest BCUT2D eigenvalue weighted by molar-refractivity contribution is -0.119. The van der Waals surface area contributed by atoms with E-state index in [1.54, 1.807) is 0 Å². The Morgan fingerprint density at radius 3 is 2.09 bits per heavy atom. The van der Waals surface area contributed by atoms with E-state index in [1.165, 1.54) is 0 Å². The van der Waals surface area contributed by atoms with Crippen molar-refractivity contribution in [1.29, 1.82) is 0 Å². The summed E-state index contributed by atoms with van der Waals surface area (Å²) >= 11 is 0. The number of carbonyl (C=O) groups excluding carboxylic acids is 1. The molecule has 0 aromatic rings.